The molecule has 0 radical (unpaired) electrons. The first-order valence-corrected chi connectivity index (χ1v) is 16.6. The van der Waals surface area contributed by atoms with E-state index in [4.69, 9.17) is 14.2 Å². The lowest BCUT2D eigenvalue weighted by atomic mass is 9.74. The first-order chi connectivity index (χ1) is 23.2. The molecule has 4 heterocycles. The van der Waals surface area contributed by atoms with E-state index in [9.17, 15) is 19.5 Å². The van der Waals surface area contributed by atoms with Crippen LogP contribution >= 0.6 is 0 Å². The third-order valence-corrected chi connectivity index (χ3v) is 9.75. The van der Waals surface area contributed by atoms with Crippen LogP contribution in [0.5, 0.6) is 5.75 Å². The Morgan fingerprint density at radius 1 is 1.02 bits per heavy atom. The lowest BCUT2D eigenvalue weighted by Crippen LogP contribution is -2.59. The van der Waals surface area contributed by atoms with Crippen molar-refractivity contribution >= 4 is 29.4 Å². The molecule has 0 unspecified atom stereocenters. The summed E-state index contributed by atoms with van der Waals surface area (Å²) >= 11 is 0. The van der Waals surface area contributed by atoms with E-state index < -0.39 is 65.4 Å². The number of methoxy groups -OCH3 is 1. The quantitative estimate of drug-likeness (QED) is 0.342. The van der Waals surface area contributed by atoms with E-state index in [1.807, 2.05) is 56.3 Å². The van der Waals surface area contributed by atoms with Gasteiger partial charge in [0.1, 0.15) is 24.0 Å². The summed E-state index contributed by atoms with van der Waals surface area (Å²) in [6.07, 6.45) is 7.35. The molecule has 4 aliphatic heterocycles. The summed E-state index contributed by atoms with van der Waals surface area (Å²) in [6.45, 7) is 3.68. The Morgan fingerprint density at radius 2 is 1.77 bits per heavy atom. The molecule has 2 N–H and O–H groups in total. The highest BCUT2D eigenvalue weighted by Gasteiger charge is 2.73. The van der Waals surface area contributed by atoms with Gasteiger partial charge in [-0.25, -0.2) is 0 Å². The number of carbonyl (C=O) groups excluding carboxylic acids is 4. The number of esters is 1. The first-order valence-electron chi connectivity index (χ1n) is 16.6. The Kier molecular flexibility index (Phi) is 9.70. The number of aliphatic hydroxyl groups excluding tert-OH is 1. The maximum Gasteiger partial charge on any atom is 0.306 e. The number of aliphatic hydroxyl groups is 1. The van der Waals surface area contributed by atoms with Crippen LogP contribution in [0.2, 0.25) is 0 Å². The minimum Gasteiger partial charge on any atom is -0.497 e. The Morgan fingerprint density at radius 3 is 2.46 bits per heavy atom. The van der Waals surface area contributed by atoms with Gasteiger partial charge in [0, 0.05) is 18.7 Å². The maximum absolute atomic E-state index is 15.0. The number of carbonyl (C=O) groups is 4. The van der Waals surface area contributed by atoms with Crippen molar-refractivity contribution in [2.45, 2.75) is 62.9 Å². The number of anilines is 1. The van der Waals surface area contributed by atoms with Gasteiger partial charge in [0.2, 0.25) is 11.8 Å². The van der Waals surface area contributed by atoms with Crippen LogP contribution in [-0.4, -0.2) is 84.4 Å². The SMILES string of the molecule is COc1ccc(N2C/C=C\CCC(=O)OC[C@@H](c3ccccc3)NC(=O)[C@@H]3[C@@H]4C=C[C@]5(O4)[C@H](C2=O)N([C@@H](CO)CC(C)C)C(=O)[C@@H]35)cc1. The second kappa shape index (κ2) is 13.9. The predicted molar refractivity (Wildman–Crippen MR) is 177 cm³/mol. The second-order valence-corrected chi connectivity index (χ2v) is 13.2. The van der Waals surface area contributed by atoms with Gasteiger partial charge in [0.15, 0.2) is 0 Å². The van der Waals surface area contributed by atoms with E-state index in [0.29, 0.717) is 24.3 Å². The number of nitrogens with zero attached hydrogens (tertiary/aromatic N) is 2. The van der Waals surface area contributed by atoms with Crippen molar-refractivity contribution in [1.82, 2.24) is 10.2 Å². The van der Waals surface area contributed by atoms with Crippen molar-refractivity contribution in [1.29, 1.82) is 0 Å². The minimum absolute atomic E-state index is 0.0877. The molecule has 254 valence electrons. The molecule has 2 aromatic rings. The van der Waals surface area contributed by atoms with Crippen LogP contribution in [0.25, 0.3) is 0 Å². The van der Waals surface area contributed by atoms with Gasteiger partial charge in [-0.3, -0.25) is 19.2 Å². The molecule has 7 atom stereocenters. The summed E-state index contributed by atoms with van der Waals surface area (Å²) in [5, 5.41) is 13.7. The van der Waals surface area contributed by atoms with Crippen molar-refractivity contribution in [3.63, 3.8) is 0 Å². The van der Waals surface area contributed by atoms with Crippen molar-refractivity contribution in [2.75, 3.05) is 31.8 Å². The number of amides is 3. The molecule has 1 spiro atoms. The molecule has 11 heteroatoms. The molecule has 2 fully saturated rings. The lowest BCUT2D eigenvalue weighted by Gasteiger charge is -2.39. The molecule has 48 heavy (non-hydrogen) atoms. The number of hydrogen-bond acceptors (Lipinski definition) is 8. The molecule has 2 aromatic carbocycles. The highest BCUT2D eigenvalue weighted by Crippen LogP contribution is 2.56. The fraction of sp³-hybridized carbons (Fsp3) is 0.459. The van der Waals surface area contributed by atoms with Crippen LogP contribution in [-0.2, 0) is 28.7 Å². The number of nitrogens with one attached hydrogen (secondary N) is 1. The van der Waals surface area contributed by atoms with Gasteiger partial charge in [-0.2, -0.15) is 0 Å². The van der Waals surface area contributed by atoms with Crippen LogP contribution in [0.4, 0.5) is 5.69 Å². The average molecular weight is 658 g/mol. The number of ether oxygens (including phenoxy) is 3. The molecular weight excluding hydrogens is 614 g/mol. The van der Waals surface area contributed by atoms with Crippen LogP contribution < -0.4 is 15.0 Å². The number of allylic oxidation sites excluding steroid dienone is 1. The summed E-state index contributed by atoms with van der Waals surface area (Å²) in [7, 11) is 1.56. The molecule has 2 saturated heterocycles. The topological polar surface area (TPSA) is 135 Å². The summed E-state index contributed by atoms with van der Waals surface area (Å²) < 4.78 is 17.6. The molecule has 11 nitrogen and oxygen atoms in total. The molecular formula is C37H43N3O8. The zero-order valence-electron chi connectivity index (χ0n) is 27.5. The largest absolute Gasteiger partial charge is 0.497 e. The van der Waals surface area contributed by atoms with Gasteiger partial charge in [0.05, 0.1) is 43.7 Å². The number of cyclic esters (lactones) is 1. The number of benzene rings is 2. The third-order valence-electron chi connectivity index (χ3n) is 9.75. The molecule has 4 aliphatic rings. The van der Waals surface area contributed by atoms with Crippen LogP contribution in [0.15, 0.2) is 78.9 Å². The highest BCUT2D eigenvalue weighted by atomic mass is 16.5. The molecule has 5 bridgehead atoms. The van der Waals surface area contributed by atoms with Crippen molar-refractivity contribution < 1.29 is 38.5 Å². The maximum atomic E-state index is 15.0. The van der Waals surface area contributed by atoms with Crippen LogP contribution in [0, 0.1) is 17.8 Å². The van der Waals surface area contributed by atoms with Gasteiger partial charge in [-0.1, -0.05) is 68.5 Å². The number of likely N-dealkylation sites (tertiary alicyclic amines) is 1. The van der Waals surface area contributed by atoms with E-state index >= 15 is 4.79 Å². The summed E-state index contributed by atoms with van der Waals surface area (Å²) in [4.78, 5) is 59.7. The fourth-order valence-electron chi connectivity index (χ4n) is 7.56. The molecule has 0 aromatic heterocycles. The Labute approximate surface area is 280 Å². The average Bonchev–Trinajstić information content (AvgIpc) is 3.74. The molecule has 0 aliphatic carbocycles. The van der Waals surface area contributed by atoms with Crippen molar-refractivity contribution in [3.05, 3.63) is 84.5 Å². The first kappa shape index (κ1) is 33.4. The van der Waals surface area contributed by atoms with E-state index in [1.54, 1.807) is 48.4 Å². The van der Waals surface area contributed by atoms with Crippen LogP contribution in [0.1, 0.15) is 44.7 Å². The standard InChI is InChI=1S/C37H43N3O8/c1-23(2)20-26(21-41)40-33-36(45)39(25-13-15-27(46-3)16-14-25)19-9-5-8-12-30(42)47-22-28(24-10-6-4-7-11-24)38-34(43)31-29-17-18-37(33,48-29)32(31)35(40)44/h4-7,9-11,13-18,23,26,28-29,31-33,41H,8,12,19-22H2,1-3H3,(H,38,43)/b9-5-/t26-,28+,29+,31-,32-,33+,37-/m1/s1. The number of rotatable bonds is 7. The van der Waals surface area contributed by atoms with E-state index in [-0.39, 0.29) is 32.1 Å². The summed E-state index contributed by atoms with van der Waals surface area (Å²) in [6, 6.07) is 13.7. The van der Waals surface area contributed by atoms with E-state index in [2.05, 4.69) is 5.32 Å². The molecule has 3 amide bonds. The highest BCUT2D eigenvalue weighted by molar-refractivity contribution is 6.05. The summed E-state index contributed by atoms with van der Waals surface area (Å²) in [5.74, 6) is -2.91. The van der Waals surface area contributed by atoms with E-state index in [1.165, 1.54) is 4.90 Å². The molecule has 0 saturated carbocycles. The zero-order chi connectivity index (χ0) is 34.0. The Balaban J connectivity index is 1.46. The minimum atomic E-state index is -1.43. The van der Waals surface area contributed by atoms with Gasteiger partial charge in [-0.15, -0.1) is 0 Å². The van der Waals surface area contributed by atoms with Gasteiger partial charge in [-0.05, 0) is 48.6 Å². The summed E-state index contributed by atoms with van der Waals surface area (Å²) in [5.41, 5.74) is -0.121. The Bertz CT molecular complexity index is 1570. The molecule has 6 rings (SSSR count). The smallest absolute Gasteiger partial charge is 0.306 e. The van der Waals surface area contributed by atoms with Crippen molar-refractivity contribution in [2.24, 2.45) is 17.8 Å². The lowest BCUT2D eigenvalue weighted by molar-refractivity contribution is -0.146. The van der Waals surface area contributed by atoms with Crippen LogP contribution in [0.3, 0.4) is 0 Å². The van der Waals surface area contributed by atoms with E-state index in [0.717, 1.165) is 5.56 Å². The van der Waals surface area contributed by atoms with Gasteiger partial charge < -0.3 is 34.4 Å². The number of hydrogen-bond donors (Lipinski definition) is 2. The normalized spacial score (nSPS) is 30.3. The Hall–Kier alpha value is -4.48. The zero-order valence-corrected chi connectivity index (χ0v) is 27.5. The monoisotopic (exact) mass is 657 g/mol. The second-order valence-electron chi connectivity index (χ2n) is 13.2. The third kappa shape index (κ3) is 6.12. The fourth-order valence-corrected chi connectivity index (χ4v) is 7.56. The van der Waals surface area contributed by atoms with Gasteiger partial charge in [0.25, 0.3) is 5.91 Å². The van der Waals surface area contributed by atoms with Gasteiger partial charge >= 0.3 is 5.97 Å². The number of fused-ring (bicyclic) bond motifs is 2. The van der Waals surface area contributed by atoms with Crippen molar-refractivity contribution in [3.8, 4) is 5.75 Å². The predicted octanol–water partition coefficient (Wildman–Crippen LogP) is 3.34.